The lowest BCUT2D eigenvalue weighted by Crippen LogP contribution is -2.15. The van der Waals surface area contributed by atoms with Crippen molar-refractivity contribution in [1.29, 1.82) is 0 Å². The molecule has 2 N–H and O–H groups in total. The molecule has 1 aromatic carbocycles. The van der Waals surface area contributed by atoms with Crippen LogP contribution in [0.5, 0.6) is 0 Å². The highest BCUT2D eigenvalue weighted by atomic mass is 16.1. The lowest BCUT2D eigenvalue weighted by atomic mass is 9.85. The van der Waals surface area contributed by atoms with Crippen molar-refractivity contribution >= 4 is 16.7 Å². The highest BCUT2D eigenvalue weighted by Crippen LogP contribution is 2.27. The second-order valence-corrected chi connectivity index (χ2v) is 5.59. The summed E-state index contributed by atoms with van der Waals surface area (Å²) in [5, 5.41) is 2.11. The lowest BCUT2D eigenvalue weighted by Gasteiger charge is -2.19. The fraction of sp³-hybridized carbons (Fsp3) is 0.333. The van der Waals surface area contributed by atoms with E-state index in [4.69, 9.17) is 5.73 Å². The van der Waals surface area contributed by atoms with Crippen LogP contribution in [0.3, 0.4) is 0 Å². The molecule has 0 aliphatic rings. The van der Waals surface area contributed by atoms with Crippen molar-refractivity contribution in [2.24, 2.45) is 5.73 Å². The fourth-order valence-electron chi connectivity index (χ4n) is 2.00. The number of rotatable bonds is 2. The van der Waals surface area contributed by atoms with Gasteiger partial charge in [0.25, 0.3) is 0 Å². The van der Waals surface area contributed by atoms with E-state index >= 15 is 0 Å². The molecule has 0 bridgehead atoms. The van der Waals surface area contributed by atoms with E-state index in [-0.39, 0.29) is 17.7 Å². The van der Waals surface area contributed by atoms with Crippen LogP contribution in [0.1, 0.15) is 32.0 Å². The summed E-state index contributed by atoms with van der Waals surface area (Å²) < 4.78 is 0. The number of nitrogens with two attached hydrogens (primary N) is 1. The van der Waals surface area contributed by atoms with Crippen LogP contribution in [0.2, 0.25) is 0 Å². The maximum atomic E-state index is 11.1. The van der Waals surface area contributed by atoms with Crippen molar-refractivity contribution in [1.82, 2.24) is 4.98 Å². The number of amides is 1. The minimum atomic E-state index is -0.351. The summed E-state index contributed by atoms with van der Waals surface area (Å²) in [6.07, 6.45) is 1.91. The van der Waals surface area contributed by atoms with Crippen LogP contribution in [-0.2, 0) is 16.6 Å². The van der Waals surface area contributed by atoms with Gasteiger partial charge in [0.05, 0.1) is 12.1 Å². The number of carbonyl (C=O) groups is 1. The SMILES string of the molecule is CC(C)(C)c1ccc2ccnc(CC(N)=O)c2c1. The molecule has 1 aromatic heterocycles. The molecule has 0 saturated carbocycles. The van der Waals surface area contributed by atoms with Gasteiger partial charge in [0.15, 0.2) is 0 Å². The van der Waals surface area contributed by atoms with Gasteiger partial charge in [-0.2, -0.15) is 0 Å². The number of aromatic nitrogens is 1. The third-order valence-corrected chi connectivity index (χ3v) is 3.06. The van der Waals surface area contributed by atoms with Gasteiger partial charge in [0, 0.05) is 11.6 Å². The van der Waals surface area contributed by atoms with Gasteiger partial charge in [-0.3, -0.25) is 9.78 Å². The first-order valence-electron chi connectivity index (χ1n) is 6.04. The van der Waals surface area contributed by atoms with E-state index in [1.54, 1.807) is 6.20 Å². The minimum Gasteiger partial charge on any atom is -0.369 e. The van der Waals surface area contributed by atoms with Gasteiger partial charge in [-0.1, -0.05) is 32.9 Å². The van der Waals surface area contributed by atoms with E-state index in [1.165, 1.54) is 5.56 Å². The van der Waals surface area contributed by atoms with Crippen LogP contribution >= 0.6 is 0 Å². The molecule has 0 spiro atoms. The van der Waals surface area contributed by atoms with Gasteiger partial charge in [0.2, 0.25) is 5.91 Å². The van der Waals surface area contributed by atoms with E-state index in [1.807, 2.05) is 6.07 Å². The zero-order valence-electron chi connectivity index (χ0n) is 11.0. The number of fused-ring (bicyclic) bond motifs is 1. The van der Waals surface area contributed by atoms with E-state index in [2.05, 4.69) is 44.0 Å². The quantitative estimate of drug-likeness (QED) is 0.879. The average Bonchev–Trinajstić information content (AvgIpc) is 2.27. The van der Waals surface area contributed by atoms with Crippen LogP contribution in [0.15, 0.2) is 30.5 Å². The van der Waals surface area contributed by atoms with E-state index in [0.717, 1.165) is 16.5 Å². The van der Waals surface area contributed by atoms with Crippen LogP contribution in [-0.4, -0.2) is 10.9 Å². The Bertz CT molecular complexity index is 597. The molecule has 3 nitrogen and oxygen atoms in total. The normalized spacial score (nSPS) is 11.7. The van der Waals surface area contributed by atoms with Crippen LogP contribution in [0.25, 0.3) is 10.8 Å². The molecule has 1 heterocycles. The molecule has 0 aliphatic carbocycles. The number of pyridine rings is 1. The Hall–Kier alpha value is -1.90. The molecule has 0 saturated heterocycles. The van der Waals surface area contributed by atoms with Crippen molar-refractivity contribution in [2.45, 2.75) is 32.6 Å². The average molecular weight is 242 g/mol. The zero-order chi connectivity index (χ0) is 13.3. The maximum Gasteiger partial charge on any atom is 0.223 e. The number of primary amides is 1. The Balaban J connectivity index is 2.62. The summed E-state index contributed by atoms with van der Waals surface area (Å²) in [5.41, 5.74) is 7.32. The van der Waals surface area contributed by atoms with Crippen molar-refractivity contribution in [3.8, 4) is 0 Å². The zero-order valence-corrected chi connectivity index (χ0v) is 11.0. The monoisotopic (exact) mass is 242 g/mol. The Morgan fingerprint density at radius 3 is 2.61 bits per heavy atom. The first kappa shape index (κ1) is 12.6. The molecule has 0 aliphatic heterocycles. The largest absolute Gasteiger partial charge is 0.369 e. The minimum absolute atomic E-state index is 0.0774. The standard InChI is InChI=1S/C15H18N2O/c1-15(2,3)11-5-4-10-6-7-17-13(9-14(16)18)12(10)8-11/h4-8H,9H2,1-3H3,(H2,16,18). The Morgan fingerprint density at radius 1 is 1.28 bits per heavy atom. The van der Waals surface area contributed by atoms with E-state index < -0.39 is 0 Å². The highest BCUT2D eigenvalue weighted by Gasteiger charge is 2.15. The van der Waals surface area contributed by atoms with Gasteiger partial charge < -0.3 is 5.73 Å². The summed E-state index contributed by atoms with van der Waals surface area (Å²) in [6, 6.07) is 8.26. The van der Waals surface area contributed by atoms with Crippen molar-refractivity contribution in [3.05, 3.63) is 41.7 Å². The summed E-state index contributed by atoms with van der Waals surface area (Å²) in [7, 11) is 0. The van der Waals surface area contributed by atoms with Gasteiger partial charge in [-0.25, -0.2) is 0 Å². The molecule has 2 aromatic rings. The number of benzene rings is 1. The smallest absolute Gasteiger partial charge is 0.223 e. The Labute approximate surface area is 107 Å². The van der Waals surface area contributed by atoms with Crippen LogP contribution in [0.4, 0.5) is 0 Å². The second-order valence-electron chi connectivity index (χ2n) is 5.59. The van der Waals surface area contributed by atoms with Gasteiger partial charge >= 0.3 is 0 Å². The van der Waals surface area contributed by atoms with Gasteiger partial charge in [-0.15, -0.1) is 0 Å². The third-order valence-electron chi connectivity index (χ3n) is 3.06. The van der Waals surface area contributed by atoms with E-state index in [9.17, 15) is 4.79 Å². The number of hydrogen-bond acceptors (Lipinski definition) is 2. The molecule has 0 fully saturated rings. The molecule has 3 heteroatoms. The molecule has 0 radical (unpaired) electrons. The summed E-state index contributed by atoms with van der Waals surface area (Å²) in [5.74, 6) is -0.351. The molecular weight excluding hydrogens is 224 g/mol. The summed E-state index contributed by atoms with van der Waals surface area (Å²) >= 11 is 0. The molecule has 0 atom stereocenters. The van der Waals surface area contributed by atoms with Crippen molar-refractivity contribution in [2.75, 3.05) is 0 Å². The molecule has 0 unspecified atom stereocenters. The third kappa shape index (κ3) is 2.50. The van der Waals surface area contributed by atoms with Gasteiger partial charge in [0.1, 0.15) is 0 Å². The lowest BCUT2D eigenvalue weighted by molar-refractivity contribution is -0.117. The predicted molar refractivity (Wildman–Crippen MR) is 73.3 cm³/mol. The summed E-state index contributed by atoms with van der Waals surface area (Å²) in [4.78, 5) is 15.3. The van der Waals surface area contributed by atoms with Crippen LogP contribution in [0, 0.1) is 0 Å². The van der Waals surface area contributed by atoms with Crippen molar-refractivity contribution in [3.63, 3.8) is 0 Å². The highest BCUT2D eigenvalue weighted by molar-refractivity contribution is 5.89. The fourth-order valence-corrected chi connectivity index (χ4v) is 2.00. The first-order valence-corrected chi connectivity index (χ1v) is 6.04. The van der Waals surface area contributed by atoms with E-state index in [0.29, 0.717) is 0 Å². The Kier molecular flexibility index (Phi) is 3.07. The number of hydrogen-bond donors (Lipinski definition) is 1. The Morgan fingerprint density at radius 2 is 2.00 bits per heavy atom. The maximum absolute atomic E-state index is 11.1. The number of carbonyl (C=O) groups excluding carboxylic acids is 1. The predicted octanol–water partition coefficient (Wildman–Crippen LogP) is 2.56. The number of nitrogens with zero attached hydrogens (tertiary/aromatic N) is 1. The molecule has 18 heavy (non-hydrogen) atoms. The summed E-state index contributed by atoms with van der Waals surface area (Å²) in [6.45, 7) is 6.49. The molecule has 2 rings (SSSR count). The van der Waals surface area contributed by atoms with Crippen LogP contribution < -0.4 is 5.73 Å². The molecule has 1 amide bonds. The van der Waals surface area contributed by atoms with Crippen molar-refractivity contribution < 1.29 is 4.79 Å². The molecular formula is C15H18N2O. The molecule has 94 valence electrons. The second kappa shape index (κ2) is 4.41. The first-order chi connectivity index (χ1) is 8.38. The van der Waals surface area contributed by atoms with Gasteiger partial charge in [-0.05, 0) is 28.5 Å². The topological polar surface area (TPSA) is 56.0 Å².